The summed E-state index contributed by atoms with van der Waals surface area (Å²) in [6.45, 7) is 1.39. The Morgan fingerprint density at radius 2 is 1.90 bits per heavy atom. The number of pyridine rings is 2. The molecule has 0 aromatic carbocycles. The van der Waals surface area contributed by atoms with E-state index >= 15 is 0 Å². The van der Waals surface area contributed by atoms with Crippen LogP contribution in [0.5, 0.6) is 5.75 Å². The van der Waals surface area contributed by atoms with Gasteiger partial charge in [-0.3, -0.25) is 19.3 Å². The second-order valence-electron chi connectivity index (χ2n) is 6.78. The summed E-state index contributed by atoms with van der Waals surface area (Å²) in [7, 11) is 0. The molecular weight excluding hydrogens is 387 g/mol. The van der Waals surface area contributed by atoms with Crippen LogP contribution in [-0.4, -0.2) is 39.0 Å². The molecule has 1 aliphatic heterocycles. The van der Waals surface area contributed by atoms with E-state index in [-0.39, 0.29) is 23.7 Å². The van der Waals surface area contributed by atoms with Crippen LogP contribution in [0.3, 0.4) is 0 Å². The third-order valence-corrected chi connectivity index (χ3v) is 4.91. The van der Waals surface area contributed by atoms with E-state index < -0.39 is 12.1 Å². The molecule has 1 N–H and O–H groups in total. The number of ether oxygens (including phenoxy) is 1. The van der Waals surface area contributed by atoms with Gasteiger partial charge in [0, 0.05) is 24.2 Å². The molecule has 0 aliphatic carbocycles. The summed E-state index contributed by atoms with van der Waals surface area (Å²) in [5.74, 6) is -0.396. The van der Waals surface area contributed by atoms with E-state index in [0.717, 1.165) is 25.9 Å². The summed E-state index contributed by atoms with van der Waals surface area (Å²) in [6, 6.07) is 4.25. The van der Waals surface area contributed by atoms with Crippen LogP contribution in [0, 0.1) is 0 Å². The molecule has 7 nitrogen and oxygen atoms in total. The molecule has 152 valence electrons. The van der Waals surface area contributed by atoms with Crippen molar-refractivity contribution in [3.8, 4) is 5.75 Å². The molecule has 1 saturated heterocycles. The van der Waals surface area contributed by atoms with Crippen LogP contribution in [-0.2, 0) is 6.54 Å². The Balaban J connectivity index is 1.82. The van der Waals surface area contributed by atoms with Crippen molar-refractivity contribution in [1.29, 1.82) is 0 Å². The van der Waals surface area contributed by atoms with E-state index in [2.05, 4.69) is 25.0 Å². The van der Waals surface area contributed by atoms with Crippen molar-refractivity contribution < 1.29 is 17.9 Å². The van der Waals surface area contributed by atoms with Crippen molar-refractivity contribution in [2.75, 3.05) is 13.1 Å². The minimum atomic E-state index is -4.86. The molecule has 0 amide bonds. The lowest BCUT2D eigenvalue weighted by atomic mass is 9.91. The van der Waals surface area contributed by atoms with Crippen molar-refractivity contribution >= 4 is 11.2 Å². The van der Waals surface area contributed by atoms with Crippen LogP contribution in [0.4, 0.5) is 13.2 Å². The Bertz CT molecular complexity index is 1080. The summed E-state index contributed by atoms with van der Waals surface area (Å²) in [6.07, 6.45) is 1.05. The fraction of sp³-hybridized carbons (Fsp3) is 0.368. The van der Waals surface area contributed by atoms with E-state index in [1.807, 2.05) is 0 Å². The van der Waals surface area contributed by atoms with Gasteiger partial charge < -0.3 is 10.1 Å². The largest absolute Gasteiger partial charge is 0.573 e. The number of piperidine rings is 1. The number of halogens is 3. The zero-order chi connectivity index (χ0) is 20.4. The van der Waals surface area contributed by atoms with Gasteiger partial charge >= 0.3 is 6.36 Å². The second-order valence-corrected chi connectivity index (χ2v) is 6.78. The molecule has 1 aliphatic rings. The number of nitrogens with one attached hydrogen (secondary N) is 1. The molecule has 0 atom stereocenters. The Hall–Kier alpha value is -3.01. The maximum absolute atomic E-state index is 13.3. The Kier molecular flexibility index (Phi) is 5.18. The molecule has 0 saturated carbocycles. The average molecular weight is 405 g/mol. The number of hydrogen-bond donors (Lipinski definition) is 1. The highest BCUT2D eigenvalue weighted by Crippen LogP contribution is 2.27. The Morgan fingerprint density at radius 1 is 1.14 bits per heavy atom. The molecule has 0 radical (unpaired) electrons. The normalized spacial score (nSPS) is 15.6. The van der Waals surface area contributed by atoms with E-state index in [0.29, 0.717) is 16.7 Å². The van der Waals surface area contributed by atoms with Crippen LogP contribution < -0.4 is 15.6 Å². The first-order valence-electron chi connectivity index (χ1n) is 9.17. The average Bonchev–Trinajstić information content (AvgIpc) is 2.70. The summed E-state index contributed by atoms with van der Waals surface area (Å²) in [5, 5.41) is 3.25. The fourth-order valence-corrected chi connectivity index (χ4v) is 3.59. The number of aromatic nitrogens is 4. The van der Waals surface area contributed by atoms with Gasteiger partial charge in [0.1, 0.15) is 11.2 Å². The topological polar surface area (TPSA) is 81.9 Å². The smallest absolute Gasteiger partial charge is 0.404 e. The lowest BCUT2D eigenvalue weighted by Gasteiger charge is -2.23. The molecule has 29 heavy (non-hydrogen) atoms. The molecule has 4 rings (SSSR count). The summed E-state index contributed by atoms with van der Waals surface area (Å²) < 4.78 is 43.7. The number of rotatable bonds is 4. The zero-order valence-corrected chi connectivity index (χ0v) is 15.3. The predicted molar refractivity (Wildman–Crippen MR) is 98.7 cm³/mol. The van der Waals surface area contributed by atoms with Crippen LogP contribution >= 0.6 is 0 Å². The van der Waals surface area contributed by atoms with Crippen molar-refractivity contribution in [3.63, 3.8) is 0 Å². The zero-order valence-electron chi connectivity index (χ0n) is 15.3. The quantitative estimate of drug-likeness (QED) is 0.719. The molecular formula is C19H18F3N5O2. The molecule has 3 aromatic heterocycles. The summed E-state index contributed by atoms with van der Waals surface area (Å²) >= 11 is 0. The van der Waals surface area contributed by atoms with E-state index in [1.54, 1.807) is 6.07 Å². The monoisotopic (exact) mass is 405 g/mol. The van der Waals surface area contributed by atoms with Gasteiger partial charge in [0.2, 0.25) is 0 Å². The van der Waals surface area contributed by atoms with Gasteiger partial charge in [-0.1, -0.05) is 0 Å². The maximum atomic E-state index is 13.3. The van der Waals surface area contributed by atoms with Crippen LogP contribution in [0.2, 0.25) is 0 Å². The molecule has 1 fully saturated rings. The van der Waals surface area contributed by atoms with Crippen molar-refractivity contribution in [3.05, 3.63) is 58.4 Å². The van der Waals surface area contributed by atoms with E-state index in [4.69, 9.17) is 0 Å². The summed E-state index contributed by atoms with van der Waals surface area (Å²) in [5.41, 5.74) is 1.08. The van der Waals surface area contributed by atoms with Gasteiger partial charge in [-0.2, -0.15) is 0 Å². The number of alkyl halides is 3. The fourth-order valence-electron chi connectivity index (χ4n) is 3.59. The minimum absolute atomic E-state index is 0.0126. The van der Waals surface area contributed by atoms with Gasteiger partial charge in [-0.05, 0) is 50.0 Å². The highest BCUT2D eigenvalue weighted by Gasteiger charge is 2.32. The Labute approximate surface area is 163 Å². The first-order chi connectivity index (χ1) is 13.9. The highest BCUT2D eigenvalue weighted by molar-refractivity contribution is 5.70. The van der Waals surface area contributed by atoms with Crippen molar-refractivity contribution in [2.45, 2.75) is 31.7 Å². The van der Waals surface area contributed by atoms with Crippen molar-refractivity contribution in [1.82, 2.24) is 24.8 Å². The van der Waals surface area contributed by atoms with Gasteiger partial charge in [0.25, 0.3) is 5.56 Å². The standard InChI is InChI=1S/C19H18F3N5O2/c20-19(21,22)29-16-2-1-5-24-15(16)11-27-17-14(25-8-9-26-17)10-13(18(27)28)12-3-6-23-7-4-12/h1-2,5,8-10,12,23H,3-4,6-7,11H2. The van der Waals surface area contributed by atoms with Crippen LogP contribution in [0.15, 0.2) is 41.6 Å². The first kappa shape index (κ1) is 19.3. The van der Waals surface area contributed by atoms with E-state index in [9.17, 15) is 18.0 Å². The summed E-state index contributed by atoms with van der Waals surface area (Å²) in [4.78, 5) is 25.8. The van der Waals surface area contributed by atoms with Crippen molar-refractivity contribution in [2.24, 2.45) is 0 Å². The molecule has 0 bridgehead atoms. The SMILES string of the molecule is O=c1c(C2CCNCC2)cc2nccnc2n1Cc1ncccc1OC(F)(F)F. The van der Waals surface area contributed by atoms with Gasteiger partial charge in [0.05, 0.1) is 6.54 Å². The highest BCUT2D eigenvalue weighted by atomic mass is 19.4. The minimum Gasteiger partial charge on any atom is -0.404 e. The molecule has 10 heteroatoms. The van der Waals surface area contributed by atoms with E-state index in [1.165, 1.54) is 35.3 Å². The molecule has 4 heterocycles. The predicted octanol–water partition coefficient (Wildman–Crippen LogP) is 2.60. The molecule has 0 spiro atoms. The lowest BCUT2D eigenvalue weighted by Crippen LogP contribution is -2.32. The third-order valence-electron chi connectivity index (χ3n) is 4.91. The van der Waals surface area contributed by atoms with Crippen LogP contribution in [0.25, 0.3) is 11.2 Å². The van der Waals surface area contributed by atoms with Crippen LogP contribution in [0.1, 0.15) is 30.0 Å². The third kappa shape index (κ3) is 4.21. The number of hydrogen-bond acceptors (Lipinski definition) is 6. The second kappa shape index (κ2) is 7.78. The Morgan fingerprint density at radius 3 is 2.66 bits per heavy atom. The molecule has 0 unspecified atom stereocenters. The lowest BCUT2D eigenvalue weighted by molar-refractivity contribution is -0.275. The molecule has 3 aromatic rings. The van der Waals surface area contributed by atoms with Gasteiger partial charge in [0.15, 0.2) is 11.4 Å². The van der Waals surface area contributed by atoms with Gasteiger partial charge in [-0.15, -0.1) is 13.2 Å². The maximum Gasteiger partial charge on any atom is 0.573 e. The first-order valence-corrected chi connectivity index (χ1v) is 9.17. The number of fused-ring (bicyclic) bond motifs is 1. The van der Waals surface area contributed by atoms with Gasteiger partial charge in [-0.25, -0.2) is 4.98 Å². The number of nitrogens with zero attached hydrogens (tertiary/aromatic N) is 4.